The number of aryl methyl sites for hydroxylation is 1. The van der Waals surface area contributed by atoms with Crippen LogP contribution in [-0.4, -0.2) is 32.3 Å². The highest BCUT2D eigenvalue weighted by Crippen LogP contribution is 2.34. The van der Waals surface area contributed by atoms with Crippen LogP contribution < -0.4 is 20.1 Å². The molecular formula is C20H22N2O5. The minimum absolute atomic E-state index is 0.118. The van der Waals surface area contributed by atoms with Crippen LogP contribution in [0, 0.1) is 6.92 Å². The lowest BCUT2D eigenvalue weighted by Crippen LogP contribution is -2.32. The molecule has 3 rings (SSSR count). The minimum atomic E-state index is -0.389. The predicted molar refractivity (Wildman–Crippen MR) is 100 cm³/mol. The summed E-state index contributed by atoms with van der Waals surface area (Å²) in [6, 6.07) is 10.6. The number of esters is 1. The Morgan fingerprint density at radius 1 is 1.15 bits per heavy atom. The van der Waals surface area contributed by atoms with E-state index >= 15 is 0 Å². The number of rotatable bonds is 6. The molecule has 142 valence electrons. The summed E-state index contributed by atoms with van der Waals surface area (Å²) in [6.45, 7) is 4.11. The number of methoxy groups -OCH3 is 1. The van der Waals surface area contributed by atoms with Gasteiger partial charge in [-0.3, -0.25) is 4.79 Å². The molecule has 1 aliphatic rings. The average molecular weight is 370 g/mol. The number of nitrogens with one attached hydrogen (secondary N) is 2. The molecule has 0 spiro atoms. The molecule has 0 saturated heterocycles. The molecule has 2 aromatic carbocycles. The third-order valence-corrected chi connectivity index (χ3v) is 4.36. The predicted octanol–water partition coefficient (Wildman–Crippen LogP) is 2.80. The fraction of sp³-hybridized carbons (Fsp3) is 0.300. The first-order valence-electron chi connectivity index (χ1n) is 8.59. The molecule has 2 N–H and O–H groups in total. The number of carbonyl (C=O) groups is 2. The summed E-state index contributed by atoms with van der Waals surface area (Å²) >= 11 is 0. The van der Waals surface area contributed by atoms with E-state index in [0.717, 1.165) is 16.8 Å². The van der Waals surface area contributed by atoms with E-state index in [4.69, 9.17) is 14.2 Å². The topological polar surface area (TPSA) is 85.9 Å². The van der Waals surface area contributed by atoms with Gasteiger partial charge in [0, 0.05) is 5.69 Å². The van der Waals surface area contributed by atoms with Crippen LogP contribution in [0.1, 0.15) is 34.5 Å². The van der Waals surface area contributed by atoms with Gasteiger partial charge in [0.1, 0.15) is 0 Å². The Hall–Kier alpha value is -3.22. The van der Waals surface area contributed by atoms with Crippen molar-refractivity contribution in [1.82, 2.24) is 5.32 Å². The number of benzene rings is 2. The first-order chi connectivity index (χ1) is 13.0. The Bertz CT molecular complexity index is 865. The molecule has 0 aliphatic carbocycles. The van der Waals surface area contributed by atoms with Crippen LogP contribution in [0.15, 0.2) is 36.4 Å². The van der Waals surface area contributed by atoms with Crippen LogP contribution in [0.25, 0.3) is 0 Å². The van der Waals surface area contributed by atoms with Crippen molar-refractivity contribution < 1.29 is 23.8 Å². The van der Waals surface area contributed by atoms with E-state index in [0.29, 0.717) is 17.1 Å². The lowest BCUT2D eigenvalue weighted by molar-refractivity contribution is -0.120. The number of carbonyl (C=O) groups excluding carboxylic acids is 2. The first-order valence-corrected chi connectivity index (χ1v) is 8.59. The van der Waals surface area contributed by atoms with E-state index < -0.39 is 0 Å². The highest BCUT2D eigenvalue weighted by atomic mass is 16.7. The third-order valence-electron chi connectivity index (χ3n) is 4.36. The summed E-state index contributed by atoms with van der Waals surface area (Å²) in [6.07, 6.45) is 0. The molecule has 0 fully saturated rings. The molecule has 27 heavy (non-hydrogen) atoms. The maximum atomic E-state index is 12.3. The Balaban J connectivity index is 1.56. The molecule has 7 nitrogen and oxygen atoms in total. The van der Waals surface area contributed by atoms with Gasteiger partial charge in [0.2, 0.25) is 12.7 Å². The van der Waals surface area contributed by atoms with Gasteiger partial charge in [-0.1, -0.05) is 6.07 Å². The molecule has 0 aromatic heterocycles. The molecule has 0 unspecified atom stereocenters. The fourth-order valence-corrected chi connectivity index (χ4v) is 2.84. The lowest BCUT2D eigenvalue weighted by Gasteiger charge is -2.16. The average Bonchev–Trinajstić information content (AvgIpc) is 3.14. The molecule has 0 bridgehead atoms. The van der Waals surface area contributed by atoms with E-state index in [2.05, 4.69) is 10.6 Å². The van der Waals surface area contributed by atoms with E-state index in [9.17, 15) is 9.59 Å². The smallest absolute Gasteiger partial charge is 0.337 e. The zero-order valence-corrected chi connectivity index (χ0v) is 15.5. The van der Waals surface area contributed by atoms with E-state index in [1.54, 1.807) is 18.2 Å². The molecule has 1 heterocycles. The van der Waals surface area contributed by atoms with Gasteiger partial charge >= 0.3 is 5.97 Å². The van der Waals surface area contributed by atoms with Crippen molar-refractivity contribution in [2.45, 2.75) is 19.9 Å². The van der Waals surface area contributed by atoms with Crippen LogP contribution >= 0.6 is 0 Å². The van der Waals surface area contributed by atoms with Gasteiger partial charge in [-0.05, 0) is 55.3 Å². The SMILES string of the molecule is COC(=O)c1ccc(NCC(=O)N[C@H](C)c2ccc3c(c2)OCO3)c(C)c1. The van der Waals surface area contributed by atoms with Crippen LogP contribution in [0.4, 0.5) is 5.69 Å². The summed E-state index contributed by atoms with van der Waals surface area (Å²) in [5.74, 6) is 0.870. The Labute approximate surface area is 157 Å². The normalized spacial score (nSPS) is 13.0. The summed E-state index contributed by atoms with van der Waals surface area (Å²) in [4.78, 5) is 23.8. The highest BCUT2D eigenvalue weighted by Gasteiger charge is 2.17. The zero-order chi connectivity index (χ0) is 19.4. The summed E-state index contributed by atoms with van der Waals surface area (Å²) in [7, 11) is 1.34. The second-order valence-electron chi connectivity index (χ2n) is 6.28. The largest absolute Gasteiger partial charge is 0.465 e. The molecule has 1 atom stereocenters. The number of amides is 1. The number of hydrogen-bond acceptors (Lipinski definition) is 6. The highest BCUT2D eigenvalue weighted by molar-refractivity contribution is 5.90. The van der Waals surface area contributed by atoms with Crippen molar-refractivity contribution in [3.05, 3.63) is 53.1 Å². The maximum Gasteiger partial charge on any atom is 0.337 e. The molecule has 7 heteroatoms. The van der Waals surface area contributed by atoms with Crippen molar-refractivity contribution in [3.8, 4) is 11.5 Å². The number of hydrogen-bond donors (Lipinski definition) is 2. The monoisotopic (exact) mass is 370 g/mol. The van der Waals surface area contributed by atoms with Gasteiger partial charge in [-0.25, -0.2) is 4.79 Å². The Morgan fingerprint density at radius 3 is 2.67 bits per heavy atom. The minimum Gasteiger partial charge on any atom is -0.465 e. The van der Waals surface area contributed by atoms with Gasteiger partial charge < -0.3 is 24.8 Å². The quantitative estimate of drug-likeness (QED) is 0.761. The van der Waals surface area contributed by atoms with Gasteiger partial charge in [0.25, 0.3) is 0 Å². The standard InChI is InChI=1S/C20H22N2O5/c1-12-8-15(20(24)25-3)4-6-16(12)21-10-19(23)22-13(2)14-5-7-17-18(9-14)27-11-26-17/h4-9,13,21H,10-11H2,1-3H3,(H,22,23)/t13-/m1/s1. The maximum absolute atomic E-state index is 12.3. The van der Waals surface area contributed by atoms with Gasteiger partial charge in [-0.2, -0.15) is 0 Å². The summed E-state index contributed by atoms with van der Waals surface area (Å²) < 4.78 is 15.4. The molecule has 0 saturated carbocycles. The van der Waals surface area contributed by atoms with E-state index in [-0.39, 0.29) is 31.3 Å². The van der Waals surface area contributed by atoms with Crippen molar-refractivity contribution in [1.29, 1.82) is 0 Å². The lowest BCUT2D eigenvalue weighted by atomic mass is 10.1. The summed E-state index contributed by atoms with van der Waals surface area (Å²) in [5, 5.41) is 6.03. The third kappa shape index (κ3) is 4.31. The number of ether oxygens (including phenoxy) is 3. The van der Waals surface area contributed by atoms with Gasteiger partial charge in [-0.15, -0.1) is 0 Å². The van der Waals surface area contributed by atoms with Crippen LogP contribution in [0.2, 0.25) is 0 Å². The van der Waals surface area contributed by atoms with E-state index in [1.807, 2.05) is 32.0 Å². The van der Waals surface area contributed by atoms with Crippen molar-refractivity contribution in [3.63, 3.8) is 0 Å². The molecule has 0 radical (unpaired) electrons. The molecule has 1 amide bonds. The number of fused-ring (bicyclic) bond motifs is 1. The Kier molecular flexibility index (Phi) is 5.49. The van der Waals surface area contributed by atoms with Crippen LogP contribution in [0.5, 0.6) is 11.5 Å². The summed E-state index contributed by atoms with van der Waals surface area (Å²) in [5.41, 5.74) is 3.05. The van der Waals surface area contributed by atoms with Crippen LogP contribution in [0.3, 0.4) is 0 Å². The molecule has 2 aromatic rings. The van der Waals surface area contributed by atoms with Crippen molar-refractivity contribution in [2.24, 2.45) is 0 Å². The molecular weight excluding hydrogens is 348 g/mol. The first kappa shape index (κ1) is 18.6. The number of anilines is 1. The van der Waals surface area contributed by atoms with Crippen molar-refractivity contribution in [2.75, 3.05) is 25.8 Å². The van der Waals surface area contributed by atoms with Crippen molar-refractivity contribution >= 4 is 17.6 Å². The van der Waals surface area contributed by atoms with Gasteiger partial charge in [0.15, 0.2) is 11.5 Å². The second-order valence-corrected chi connectivity index (χ2v) is 6.28. The Morgan fingerprint density at radius 2 is 1.93 bits per heavy atom. The van der Waals surface area contributed by atoms with Gasteiger partial charge in [0.05, 0.1) is 25.3 Å². The van der Waals surface area contributed by atoms with E-state index in [1.165, 1.54) is 7.11 Å². The molecule has 1 aliphatic heterocycles. The van der Waals surface area contributed by atoms with Crippen LogP contribution in [-0.2, 0) is 9.53 Å². The second kappa shape index (κ2) is 7.99. The fourth-order valence-electron chi connectivity index (χ4n) is 2.84. The zero-order valence-electron chi connectivity index (χ0n) is 15.5.